The number of esters is 1. The van der Waals surface area contributed by atoms with E-state index in [2.05, 4.69) is 15.3 Å². The van der Waals surface area contributed by atoms with Crippen LogP contribution in [0.2, 0.25) is 5.02 Å². The normalized spacial score (nSPS) is 16.4. The summed E-state index contributed by atoms with van der Waals surface area (Å²) < 4.78 is 18.7. The van der Waals surface area contributed by atoms with Crippen LogP contribution in [0.25, 0.3) is 0 Å². The van der Waals surface area contributed by atoms with Crippen molar-refractivity contribution < 1.29 is 13.9 Å². The molecule has 0 fully saturated rings. The molecule has 2 aromatic rings. The van der Waals surface area contributed by atoms with Crippen LogP contribution < -0.4 is 5.32 Å². The Labute approximate surface area is 164 Å². The van der Waals surface area contributed by atoms with E-state index in [9.17, 15) is 9.18 Å². The zero-order chi connectivity index (χ0) is 19.4. The molecule has 0 amide bonds. The lowest BCUT2D eigenvalue weighted by atomic mass is 9.96. The summed E-state index contributed by atoms with van der Waals surface area (Å²) in [4.78, 5) is 21.4. The molecular formula is C18H14ClFN4O2S. The van der Waals surface area contributed by atoms with Crippen LogP contribution in [0.1, 0.15) is 30.0 Å². The van der Waals surface area contributed by atoms with Gasteiger partial charge in [0.1, 0.15) is 18.5 Å². The first-order chi connectivity index (χ1) is 13.0. The second-order valence-corrected chi connectivity index (χ2v) is 6.89. The van der Waals surface area contributed by atoms with Crippen molar-refractivity contribution >= 4 is 34.7 Å². The second kappa shape index (κ2) is 8.29. The van der Waals surface area contributed by atoms with Crippen molar-refractivity contribution in [1.29, 1.82) is 5.26 Å². The molecule has 0 spiro atoms. The molecule has 9 heteroatoms. The van der Waals surface area contributed by atoms with E-state index in [1.54, 1.807) is 13.1 Å². The maximum Gasteiger partial charge on any atom is 0.338 e. The minimum absolute atomic E-state index is 0.0287. The molecule has 0 saturated heterocycles. The van der Waals surface area contributed by atoms with Crippen LogP contribution in [0.4, 0.5) is 4.39 Å². The lowest BCUT2D eigenvalue weighted by Gasteiger charge is -2.26. The van der Waals surface area contributed by atoms with Gasteiger partial charge in [0.2, 0.25) is 0 Å². The van der Waals surface area contributed by atoms with Gasteiger partial charge in [0.15, 0.2) is 10.8 Å². The van der Waals surface area contributed by atoms with Gasteiger partial charge in [0.05, 0.1) is 18.1 Å². The zero-order valence-electron chi connectivity index (χ0n) is 14.2. The van der Waals surface area contributed by atoms with Crippen molar-refractivity contribution in [3.63, 3.8) is 0 Å². The van der Waals surface area contributed by atoms with E-state index in [-0.39, 0.29) is 23.6 Å². The van der Waals surface area contributed by atoms with Gasteiger partial charge in [-0.1, -0.05) is 17.7 Å². The molecule has 0 bridgehead atoms. The first-order valence-electron chi connectivity index (χ1n) is 7.95. The molecule has 1 atom stereocenters. The first-order valence-corrected chi connectivity index (χ1v) is 9.21. The molecular weight excluding hydrogens is 391 g/mol. The van der Waals surface area contributed by atoms with Gasteiger partial charge in [-0.2, -0.15) is 5.26 Å². The number of benzene rings is 1. The van der Waals surface area contributed by atoms with Crippen molar-refractivity contribution in [1.82, 2.24) is 10.3 Å². The molecule has 3 rings (SSSR count). The Morgan fingerprint density at radius 2 is 2.33 bits per heavy atom. The van der Waals surface area contributed by atoms with Gasteiger partial charge in [0, 0.05) is 27.9 Å². The summed E-state index contributed by atoms with van der Waals surface area (Å²) in [7, 11) is 0. The lowest BCUT2D eigenvalue weighted by Crippen LogP contribution is -2.33. The number of nitriles is 1. The quantitative estimate of drug-likeness (QED) is 0.605. The molecule has 0 radical (unpaired) electrons. The van der Waals surface area contributed by atoms with Crippen LogP contribution >= 0.6 is 22.9 Å². The van der Waals surface area contributed by atoms with E-state index in [0.29, 0.717) is 22.1 Å². The highest BCUT2D eigenvalue weighted by Crippen LogP contribution is 2.36. The standard InChI is InChI=1S/C18H14ClFN4O2S/c1-10-14(18(25)26-7-2-5-21)15(12-4-3-11(20)9-13(12)19)24-16(23-10)17-22-6-8-27-17/h3-4,6,8-9,15H,2,7H2,1H3,(H,23,24). The predicted octanol–water partition coefficient (Wildman–Crippen LogP) is 3.76. The summed E-state index contributed by atoms with van der Waals surface area (Å²) in [5, 5.41) is 14.3. The van der Waals surface area contributed by atoms with Gasteiger partial charge < -0.3 is 10.1 Å². The van der Waals surface area contributed by atoms with E-state index in [1.807, 2.05) is 11.4 Å². The molecule has 6 nitrogen and oxygen atoms in total. The number of rotatable bonds is 5. The van der Waals surface area contributed by atoms with Gasteiger partial charge in [-0.05, 0) is 19.1 Å². The van der Waals surface area contributed by atoms with Gasteiger partial charge in [-0.15, -0.1) is 11.3 Å². The molecule has 27 heavy (non-hydrogen) atoms. The molecule has 1 aliphatic rings. The number of hydrogen-bond donors (Lipinski definition) is 1. The predicted molar refractivity (Wildman–Crippen MR) is 99.8 cm³/mol. The number of aliphatic imine (C=N–C) groups is 1. The Morgan fingerprint density at radius 1 is 1.52 bits per heavy atom. The van der Waals surface area contributed by atoms with Crippen molar-refractivity contribution in [2.45, 2.75) is 19.4 Å². The monoisotopic (exact) mass is 404 g/mol. The van der Waals surface area contributed by atoms with Crippen LogP contribution in [0.5, 0.6) is 0 Å². The molecule has 2 heterocycles. The largest absolute Gasteiger partial charge is 0.461 e. The second-order valence-electron chi connectivity index (χ2n) is 5.59. The number of allylic oxidation sites excluding steroid dienone is 1. The van der Waals surface area contributed by atoms with E-state index in [4.69, 9.17) is 21.6 Å². The summed E-state index contributed by atoms with van der Waals surface area (Å²) in [6.45, 7) is 1.69. The Bertz CT molecular complexity index is 966. The van der Waals surface area contributed by atoms with Crippen molar-refractivity contribution in [2.24, 2.45) is 4.99 Å². The SMILES string of the molecule is CC1=C(C(=O)OCCC#N)C(c2ccc(F)cc2Cl)N=C(c2nccs2)N1. The number of carbonyl (C=O) groups is 1. The molecule has 1 aromatic heterocycles. The van der Waals surface area contributed by atoms with E-state index in [1.165, 1.54) is 29.5 Å². The van der Waals surface area contributed by atoms with Crippen LogP contribution in [0.3, 0.4) is 0 Å². The number of nitrogens with one attached hydrogen (secondary N) is 1. The molecule has 138 valence electrons. The Balaban J connectivity index is 2.03. The van der Waals surface area contributed by atoms with E-state index >= 15 is 0 Å². The summed E-state index contributed by atoms with van der Waals surface area (Å²) in [6.07, 6.45) is 1.73. The maximum absolute atomic E-state index is 13.5. The first kappa shape index (κ1) is 19.0. The van der Waals surface area contributed by atoms with Gasteiger partial charge in [-0.3, -0.25) is 4.99 Å². The number of aromatic nitrogens is 1. The van der Waals surface area contributed by atoms with E-state index < -0.39 is 17.8 Å². The molecule has 1 aromatic carbocycles. The summed E-state index contributed by atoms with van der Waals surface area (Å²) in [6, 6.07) is 5.05. The number of ether oxygens (including phenoxy) is 1. The van der Waals surface area contributed by atoms with Gasteiger partial charge in [-0.25, -0.2) is 14.2 Å². The van der Waals surface area contributed by atoms with E-state index in [0.717, 1.165) is 0 Å². The topological polar surface area (TPSA) is 87.4 Å². The number of thiazole rings is 1. The Hall–Kier alpha value is -2.76. The number of nitrogens with zero attached hydrogens (tertiary/aromatic N) is 3. The highest BCUT2D eigenvalue weighted by molar-refractivity contribution is 7.11. The lowest BCUT2D eigenvalue weighted by molar-refractivity contribution is -0.139. The highest BCUT2D eigenvalue weighted by Gasteiger charge is 2.32. The fourth-order valence-corrected chi connectivity index (χ4v) is 3.46. The van der Waals surface area contributed by atoms with Gasteiger partial charge >= 0.3 is 5.97 Å². The molecule has 1 N–H and O–H groups in total. The van der Waals surface area contributed by atoms with Crippen LogP contribution in [-0.4, -0.2) is 23.4 Å². The summed E-state index contributed by atoms with van der Waals surface area (Å²) in [5.74, 6) is -0.607. The zero-order valence-corrected chi connectivity index (χ0v) is 15.8. The number of amidine groups is 1. The third-order valence-electron chi connectivity index (χ3n) is 3.80. The molecule has 0 aliphatic carbocycles. The maximum atomic E-state index is 13.5. The minimum atomic E-state index is -0.784. The van der Waals surface area contributed by atoms with Crippen molar-refractivity contribution in [3.05, 3.63) is 62.5 Å². The van der Waals surface area contributed by atoms with Crippen LogP contribution in [-0.2, 0) is 9.53 Å². The number of carbonyl (C=O) groups excluding carboxylic acids is 1. The van der Waals surface area contributed by atoms with Crippen molar-refractivity contribution in [2.75, 3.05) is 6.61 Å². The molecule has 1 aliphatic heterocycles. The number of halogens is 2. The third kappa shape index (κ3) is 4.15. The summed E-state index contributed by atoms with van der Waals surface area (Å²) in [5.41, 5.74) is 1.25. The van der Waals surface area contributed by atoms with Gasteiger partial charge in [0.25, 0.3) is 0 Å². The average Bonchev–Trinajstić information content (AvgIpc) is 3.16. The van der Waals surface area contributed by atoms with Crippen molar-refractivity contribution in [3.8, 4) is 6.07 Å². The third-order valence-corrected chi connectivity index (χ3v) is 4.91. The molecule has 0 saturated carbocycles. The fourth-order valence-electron chi connectivity index (χ4n) is 2.61. The average molecular weight is 405 g/mol. The fraction of sp³-hybridized carbons (Fsp3) is 0.222. The van der Waals surface area contributed by atoms with Crippen LogP contribution in [0, 0.1) is 17.1 Å². The Morgan fingerprint density at radius 3 is 3.00 bits per heavy atom. The highest BCUT2D eigenvalue weighted by atomic mass is 35.5. The summed E-state index contributed by atoms with van der Waals surface area (Å²) >= 11 is 7.61. The minimum Gasteiger partial charge on any atom is -0.461 e. The smallest absolute Gasteiger partial charge is 0.338 e. The Kier molecular flexibility index (Phi) is 5.84. The van der Waals surface area contributed by atoms with Crippen LogP contribution in [0.15, 0.2) is 46.0 Å². The molecule has 1 unspecified atom stereocenters. The number of hydrogen-bond acceptors (Lipinski definition) is 7.